The molecule has 1 atom stereocenters. The summed E-state index contributed by atoms with van der Waals surface area (Å²) in [7, 11) is -4.12. The standard InChI is InChI=1S/C30H34ClN3O4S/c1-2-28(30(36)32-25-13-9-10-14-25)33(21-23-11-5-3-6-12-23)29(35)22-34(26-15-7-4-8-16-26)39(37,38)27-19-17-24(31)18-20-27/h3-8,11-12,15-20,25,28H,2,9-10,13-14,21-22H2,1H3,(H,32,36)/t28-/m1/s1. The summed E-state index contributed by atoms with van der Waals surface area (Å²) in [5.41, 5.74) is 1.20. The number of halogens is 1. The summed E-state index contributed by atoms with van der Waals surface area (Å²) in [6.45, 7) is 1.58. The first-order chi connectivity index (χ1) is 18.8. The maximum Gasteiger partial charge on any atom is 0.264 e. The van der Waals surface area contributed by atoms with Gasteiger partial charge in [0.15, 0.2) is 0 Å². The maximum absolute atomic E-state index is 14.0. The van der Waals surface area contributed by atoms with E-state index in [0.29, 0.717) is 17.1 Å². The molecule has 206 valence electrons. The van der Waals surface area contributed by atoms with Crippen molar-refractivity contribution in [2.75, 3.05) is 10.8 Å². The summed E-state index contributed by atoms with van der Waals surface area (Å²) < 4.78 is 28.7. The number of anilines is 1. The molecule has 0 heterocycles. The molecule has 0 unspecified atom stereocenters. The van der Waals surface area contributed by atoms with Crippen molar-refractivity contribution in [2.45, 2.75) is 62.6 Å². The highest BCUT2D eigenvalue weighted by Crippen LogP contribution is 2.26. The zero-order valence-corrected chi connectivity index (χ0v) is 23.6. The second-order valence-electron chi connectivity index (χ2n) is 9.72. The number of amides is 2. The fraction of sp³-hybridized carbons (Fsp3) is 0.333. The minimum absolute atomic E-state index is 0.0178. The van der Waals surface area contributed by atoms with Gasteiger partial charge >= 0.3 is 0 Å². The Hall–Kier alpha value is -3.36. The van der Waals surface area contributed by atoms with Crippen LogP contribution < -0.4 is 9.62 Å². The second-order valence-corrected chi connectivity index (χ2v) is 12.0. The van der Waals surface area contributed by atoms with Crippen molar-refractivity contribution in [3.8, 4) is 0 Å². The van der Waals surface area contributed by atoms with Gasteiger partial charge in [-0.05, 0) is 61.2 Å². The zero-order valence-electron chi connectivity index (χ0n) is 22.0. The van der Waals surface area contributed by atoms with Gasteiger partial charge in [-0.2, -0.15) is 0 Å². The van der Waals surface area contributed by atoms with Crippen LogP contribution in [0, 0.1) is 0 Å². The number of para-hydroxylation sites is 1. The van der Waals surface area contributed by atoms with E-state index in [-0.39, 0.29) is 23.4 Å². The number of nitrogens with zero attached hydrogens (tertiary/aromatic N) is 2. The van der Waals surface area contributed by atoms with Crippen LogP contribution in [-0.4, -0.2) is 43.8 Å². The topological polar surface area (TPSA) is 86.8 Å². The quantitative estimate of drug-likeness (QED) is 0.336. The van der Waals surface area contributed by atoms with E-state index in [1.807, 2.05) is 37.3 Å². The number of rotatable bonds is 11. The molecule has 3 aromatic rings. The van der Waals surface area contributed by atoms with Gasteiger partial charge in [0.2, 0.25) is 11.8 Å². The Morgan fingerprint density at radius 2 is 1.51 bits per heavy atom. The highest BCUT2D eigenvalue weighted by atomic mass is 35.5. The SMILES string of the molecule is CC[C@H](C(=O)NC1CCCC1)N(Cc1ccccc1)C(=O)CN(c1ccccc1)S(=O)(=O)c1ccc(Cl)cc1. The Bertz CT molecular complexity index is 1350. The minimum Gasteiger partial charge on any atom is -0.352 e. The largest absolute Gasteiger partial charge is 0.352 e. The molecule has 0 saturated heterocycles. The Morgan fingerprint density at radius 3 is 2.10 bits per heavy atom. The third-order valence-corrected chi connectivity index (χ3v) is 9.05. The molecule has 39 heavy (non-hydrogen) atoms. The predicted octanol–water partition coefficient (Wildman–Crippen LogP) is 5.40. The van der Waals surface area contributed by atoms with Gasteiger partial charge in [0.1, 0.15) is 12.6 Å². The molecule has 0 bridgehead atoms. The summed E-state index contributed by atoms with van der Waals surface area (Å²) in [4.78, 5) is 29.0. The molecule has 3 aromatic carbocycles. The number of sulfonamides is 1. The van der Waals surface area contributed by atoms with Crippen LogP contribution >= 0.6 is 11.6 Å². The molecule has 0 spiro atoms. The van der Waals surface area contributed by atoms with Gasteiger partial charge in [-0.3, -0.25) is 13.9 Å². The Labute approximate surface area is 235 Å². The molecular formula is C30H34ClN3O4S. The smallest absolute Gasteiger partial charge is 0.264 e. The third kappa shape index (κ3) is 7.19. The van der Waals surface area contributed by atoms with Gasteiger partial charge < -0.3 is 10.2 Å². The summed E-state index contributed by atoms with van der Waals surface area (Å²) in [5, 5.41) is 3.53. The first kappa shape index (κ1) is 28.6. The van der Waals surface area contributed by atoms with Crippen LogP contribution in [0.25, 0.3) is 0 Å². The van der Waals surface area contributed by atoms with Crippen molar-refractivity contribution in [1.82, 2.24) is 10.2 Å². The predicted molar refractivity (Wildman–Crippen MR) is 154 cm³/mol. The van der Waals surface area contributed by atoms with Crippen molar-refractivity contribution in [3.63, 3.8) is 0 Å². The molecule has 1 aliphatic carbocycles. The normalized spacial score (nSPS) is 14.5. The summed E-state index contributed by atoms with van der Waals surface area (Å²) >= 11 is 6.00. The average molecular weight is 568 g/mol. The first-order valence-electron chi connectivity index (χ1n) is 13.3. The minimum atomic E-state index is -4.12. The summed E-state index contributed by atoms with van der Waals surface area (Å²) in [6, 6.07) is 23.1. The molecule has 7 nitrogen and oxygen atoms in total. The number of benzene rings is 3. The van der Waals surface area contributed by atoms with Gasteiger partial charge in [-0.15, -0.1) is 0 Å². The van der Waals surface area contributed by atoms with Crippen LogP contribution in [-0.2, 0) is 26.2 Å². The lowest BCUT2D eigenvalue weighted by atomic mass is 10.1. The zero-order chi connectivity index (χ0) is 27.8. The second kappa shape index (κ2) is 13.1. The number of carbonyl (C=O) groups excluding carboxylic acids is 2. The van der Waals surface area contributed by atoms with Gasteiger partial charge in [-0.25, -0.2) is 8.42 Å². The van der Waals surface area contributed by atoms with E-state index in [9.17, 15) is 18.0 Å². The lowest BCUT2D eigenvalue weighted by Crippen LogP contribution is -2.53. The van der Waals surface area contributed by atoms with E-state index in [1.165, 1.54) is 29.2 Å². The van der Waals surface area contributed by atoms with Crippen LogP contribution in [0.3, 0.4) is 0 Å². The molecular weight excluding hydrogens is 534 g/mol. The lowest BCUT2D eigenvalue weighted by Gasteiger charge is -2.33. The Morgan fingerprint density at radius 1 is 0.923 bits per heavy atom. The van der Waals surface area contributed by atoms with Crippen LogP contribution in [0.15, 0.2) is 89.8 Å². The van der Waals surface area contributed by atoms with Crippen LogP contribution in [0.1, 0.15) is 44.6 Å². The van der Waals surface area contributed by atoms with E-state index in [1.54, 1.807) is 30.3 Å². The summed E-state index contributed by atoms with van der Waals surface area (Å²) in [6.07, 6.45) is 4.39. The molecule has 9 heteroatoms. The molecule has 1 N–H and O–H groups in total. The van der Waals surface area contributed by atoms with E-state index in [4.69, 9.17) is 11.6 Å². The third-order valence-electron chi connectivity index (χ3n) is 7.01. The number of hydrogen-bond acceptors (Lipinski definition) is 4. The van der Waals surface area contributed by atoms with E-state index in [0.717, 1.165) is 35.6 Å². The molecule has 0 radical (unpaired) electrons. The van der Waals surface area contributed by atoms with Gasteiger partial charge in [0.25, 0.3) is 10.0 Å². The number of hydrogen-bond donors (Lipinski definition) is 1. The molecule has 4 rings (SSSR count). The average Bonchev–Trinajstić information content (AvgIpc) is 3.45. The molecule has 1 fully saturated rings. The molecule has 1 saturated carbocycles. The molecule has 0 aromatic heterocycles. The Balaban J connectivity index is 1.68. The van der Waals surface area contributed by atoms with Crippen molar-refractivity contribution >= 4 is 39.1 Å². The van der Waals surface area contributed by atoms with Gasteiger partial charge in [-0.1, -0.05) is 79.9 Å². The monoisotopic (exact) mass is 567 g/mol. The van der Waals surface area contributed by atoms with Gasteiger partial charge in [0.05, 0.1) is 10.6 Å². The van der Waals surface area contributed by atoms with E-state index >= 15 is 0 Å². The van der Waals surface area contributed by atoms with Crippen molar-refractivity contribution in [3.05, 3.63) is 95.5 Å². The van der Waals surface area contributed by atoms with Crippen molar-refractivity contribution in [1.29, 1.82) is 0 Å². The molecule has 2 amide bonds. The van der Waals surface area contributed by atoms with Crippen LogP contribution in [0.4, 0.5) is 5.69 Å². The first-order valence-corrected chi connectivity index (χ1v) is 15.1. The number of nitrogens with one attached hydrogen (secondary N) is 1. The van der Waals surface area contributed by atoms with E-state index < -0.39 is 28.5 Å². The van der Waals surface area contributed by atoms with Crippen molar-refractivity contribution < 1.29 is 18.0 Å². The summed E-state index contributed by atoms with van der Waals surface area (Å²) in [5.74, 6) is -0.672. The maximum atomic E-state index is 14.0. The Kier molecular flexibility index (Phi) is 9.64. The lowest BCUT2D eigenvalue weighted by molar-refractivity contribution is -0.140. The fourth-order valence-electron chi connectivity index (χ4n) is 4.92. The highest BCUT2D eigenvalue weighted by Gasteiger charge is 2.34. The van der Waals surface area contributed by atoms with Crippen molar-refractivity contribution in [2.24, 2.45) is 0 Å². The fourth-order valence-corrected chi connectivity index (χ4v) is 6.46. The van der Waals surface area contributed by atoms with Gasteiger partial charge in [0, 0.05) is 17.6 Å². The molecule has 1 aliphatic rings. The van der Waals surface area contributed by atoms with Crippen LogP contribution in [0.2, 0.25) is 5.02 Å². The highest BCUT2D eigenvalue weighted by molar-refractivity contribution is 7.92. The van der Waals surface area contributed by atoms with Crippen LogP contribution in [0.5, 0.6) is 0 Å². The molecule has 0 aliphatic heterocycles. The van der Waals surface area contributed by atoms with E-state index in [2.05, 4.69) is 5.32 Å². The number of carbonyl (C=O) groups is 2.